The molecule has 0 aromatic heterocycles. The van der Waals surface area contributed by atoms with Gasteiger partial charge in [-0.05, 0) is 64.3 Å². The van der Waals surface area contributed by atoms with Crippen molar-refractivity contribution in [2.45, 2.75) is 72.1 Å². The fourth-order valence-electron chi connectivity index (χ4n) is 3.76. The summed E-state index contributed by atoms with van der Waals surface area (Å²) < 4.78 is 12.2. The van der Waals surface area contributed by atoms with Crippen LogP contribution in [0.3, 0.4) is 0 Å². The van der Waals surface area contributed by atoms with Crippen molar-refractivity contribution in [3.63, 3.8) is 0 Å². The molecule has 28 heavy (non-hydrogen) atoms. The molecular formula is C24H31NO3. The number of amides is 1. The molecule has 2 unspecified atom stereocenters. The Hall–Kier alpha value is -2.49. The summed E-state index contributed by atoms with van der Waals surface area (Å²) >= 11 is 0. The van der Waals surface area contributed by atoms with Gasteiger partial charge in [0.2, 0.25) is 0 Å². The molecular weight excluding hydrogens is 350 g/mol. The topological polar surface area (TPSA) is 47.6 Å². The number of hydrogen-bond acceptors (Lipinski definition) is 3. The molecule has 1 amide bonds. The van der Waals surface area contributed by atoms with E-state index in [1.807, 2.05) is 45.9 Å². The summed E-state index contributed by atoms with van der Waals surface area (Å²) in [7, 11) is 0. The van der Waals surface area contributed by atoms with Gasteiger partial charge >= 0.3 is 0 Å². The summed E-state index contributed by atoms with van der Waals surface area (Å²) in [5, 5.41) is 3.21. The number of fused-ring (bicyclic) bond motifs is 1. The molecule has 0 saturated heterocycles. The molecule has 2 atom stereocenters. The number of rotatable bonds is 5. The predicted octanol–water partition coefficient (Wildman–Crippen LogP) is 5.19. The second kappa shape index (κ2) is 7.86. The van der Waals surface area contributed by atoms with Gasteiger partial charge in [0, 0.05) is 12.0 Å². The van der Waals surface area contributed by atoms with Crippen molar-refractivity contribution in [3.05, 3.63) is 58.7 Å². The van der Waals surface area contributed by atoms with Gasteiger partial charge in [-0.15, -0.1) is 0 Å². The first-order chi connectivity index (χ1) is 13.2. The van der Waals surface area contributed by atoms with Gasteiger partial charge in [0.05, 0.1) is 6.04 Å². The van der Waals surface area contributed by atoms with Crippen LogP contribution in [0.15, 0.2) is 36.4 Å². The maximum atomic E-state index is 13.0. The third kappa shape index (κ3) is 4.49. The summed E-state index contributed by atoms with van der Waals surface area (Å²) in [4.78, 5) is 13.0. The maximum Gasteiger partial charge on any atom is 0.261 e. The molecule has 0 aliphatic carbocycles. The summed E-state index contributed by atoms with van der Waals surface area (Å²) in [6, 6.07) is 12.1. The Morgan fingerprint density at radius 3 is 2.54 bits per heavy atom. The van der Waals surface area contributed by atoms with E-state index in [4.69, 9.17) is 9.47 Å². The molecule has 0 fully saturated rings. The van der Waals surface area contributed by atoms with Crippen molar-refractivity contribution >= 4 is 5.91 Å². The SMILES string of the molecule is CCC(Oc1ccc(C)cc1C)C(=O)NC1CC(C)(C)Oc2cc(C)ccc21. The Labute approximate surface area is 168 Å². The standard InChI is InChI=1S/C24H31NO3/c1-7-20(27-21-11-9-15(2)12-17(21)4)23(26)25-19-14-24(5,6)28-22-13-16(3)8-10-18(19)22/h8-13,19-20H,7,14H2,1-6H3,(H,25,26). The number of hydrogen-bond donors (Lipinski definition) is 1. The molecule has 4 heteroatoms. The lowest BCUT2D eigenvalue weighted by molar-refractivity contribution is -0.129. The molecule has 2 aromatic carbocycles. The van der Waals surface area contributed by atoms with Crippen LogP contribution in [-0.4, -0.2) is 17.6 Å². The highest BCUT2D eigenvalue weighted by atomic mass is 16.5. The van der Waals surface area contributed by atoms with Gasteiger partial charge in [0.25, 0.3) is 5.91 Å². The molecule has 1 aliphatic heterocycles. The molecule has 2 aromatic rings. The van der Waals surface area contributed by atoms with E-state index in [2.05, 4.69) is 37.4 Å². The van der Waals surface area contributed by atoms with Crippen molar-refractivity contribution in [3.8, 4) is 11.5 Å². The minimum absolute atomic E-state index is 0.0864. The van der Waals surface area contributed by atoms with Gasteiger partial charge < -0.3 is 14.8 Å². The Bertz CT molecular complexity index is 872. The van der Waals surface area contributed by atoms with Gasteiger partial charge in [-0.3, -0.25) is 4.79 Å². The van der Waals surface area contributed by atoms with E-state index in [1.54, 1.807) is 0 Å². The van der Waals surface area contributed by atoms with Gasteiger partial charge in [-0.1, -0.05) is 36.8 Å². The Balaban J connectivity index is 1.79. The predicted molar refractivity (Wildman–Crippen MR) is 112 cm³/mol. The molecule has 1 N–H and O–H groups in total. The van der Waals surface area contributed by atoms with Crippen LogP contribution in [0.2, 0.25) is 0 Å². The van der Waals surface area contributed by atoms with Crippen molar-refractivity contribution in [1.29, 1.82) is 0 Å². The van der Waals surface area contributed by atoms with Crippen LogP contribution < -0.4 is 14.8 Å². The van der Waals surface area contributed by atoms with Crippen LogP contribution in [-0.2, 0) is 4.79 Å². The van der Waals surface area contributed by atoms with E-state index in [1.165, 1.54) is 5.56 Å². The highest BCUT2D eigenvalue weighted by molar-refractivity contribution is 5.81. The first kappa shape index (κ1) is 20.2. The molecule has 0 spiro atoms. The molecule has 4 nitrogen and oxygen atoms in total. The van der Waals surface area contributed by atoms with Crippen LogP contribution >= 0.6 is 0 Å². The quantitative estimate of drug-likeness (QED) is 0.775. The lowest BCUT2D eigenvalue weighted by atomic mass is 9.89. The zero-order valence-corrected chi connectivity index (χ0v) is 17.8. The number of nitrogens with one attached hydrogen (secondary N) is 1. The largest absolute Gasteiger partial charge is 0.487 e. The normalized spacial score (nSPS) is 18.6. The monoisotopic (exact) mass is 381 g/mol. The van der Waals surface area contributed by atoms with Crippen molar-refractivity contribution in [2.75, 3.05) is 0 Å². The third-order valence-corrected chi connectivity index (χ3v) is 5.21. The van der Waals surface area contributed by atoms with Crippen LogP contribution in [0.1, 0.15) is 61.9 Å². The highest BCUT2D eigenvalue weighted by Crippen LogP contribution is 2.40. The van der Waals surface area contributed by atoms with E-state index >= 15 is 0 Å². The Morgan fingerprint density at radius 2 is 1.86 bits per heavy atom. The Kier molecular flexibility index (Phi) is 5.69. The van der Waals surface area contributed by atoms with E-state index in [9.17, 15) is 4.79 Å². The van der Waals surface area contributed by atoms with E-state index in [0.717, 1.165) is 34.6 Å². The minimum atomic E-state index is -0.527. The summed E-state index contributed by atoms with van der Waals surface area (Å²) in [5.74, 6) is 1.53. The molecule has 0 radical (unpaired) electrons. The van der Waals surface area contributed by atoms with Gasteiger partial charge in [-0.2, -0.15) is 0 Å². The minimum Gasteiger partial charge on any atom is -0.487 e. The van der Waals surface area contributed by atoms with E-state index < -0.39 is 6.10 Å². The maximum absolute atomic E-state index is 13.0. The van der Waals surface area contributed by atoms with Crippen molar-refractivity contribution in [1.82, 2.24) is 5.32 Å². The van der Waals surface area contributed by atoms with E-state index in [-0.39, 0.29) is 17.6 Å². The number of ether oxygens (including phenoxy) is 2. The fourth-order valence-corrected chi connectivity index (χ4v) is 3.76. The average Bonchev–Trinajstić information content (AvgIpc) is 2.59. The van der Waals surface area contributed by atoms with E-state index in [0.29, 0.717) is 6.42 Å². The number of carbonyl (C=O) groups is 1. The molecule has 1 aliphatic rings. The van der Waals surface area contributed by atoms with Crippen LogP contribution in [0.4, 0.5) is 0 Å². The second-order valence-electron chi connectivity index (χ2n) is 8.45. The molecule has 1 heterocycles. The van der Waals surface area contributed by atoms with Gasteiger partial charge in [0.15, 0.2) is 6.10 Å². The highest BCUT2D eigenvalue weighted by Gasteiger charge is 2.35. The second-order valence-corrected chi connectivity index (χ2v) is 8.45. The third-order valence-electron chi connectivity index (χ3n) is 5.21. The zero-order chi connectivity index (χ0) is 20.5. The first-order valence-corrected chi connectivity index (χ1v) is 10.0. The summed E-state index contributed by atoms with van der Waals surface area (Å²) in [6.45, 7) is 12.2. The van der Waals surface area contributed by atoms with Crippen LogP contribution in [0, 0.1) is 20.8 Å². The molecule has 0 bridgehead atoms. The van der Waals surface area contributed by atoms with Crippen LogP contribution in [0.25, 0.3) is 0 Å². The zero-order valence-electron chi connectivity index (χ0n) is 17.8. The molecule has 3 rings (SSSR count). The fraction of sp³-hybridized carbons (Fsp3) is 0.458. The van der Waals surface area contributed by atoms with Crippen molar-refractivity contribution in [2.24, 2.45) is 0 Å². The van der Waals surface area contributed by atoms with Gasteiger partial charge in [0.1, 0.15) is 17.1 Å². The molecule has 0 saturated carbocycles. The van der Waals surface area contributed by atoms with Gasteiger partial charge in [-0.25, -0.2) is 0 Å². The van der Waals surface area contributed by atoms with Crippen molar-refractivity contribution < 1.29 is 14.3 Å². The summed E-state index contributed by atoms with van der Waals surface area (Å²) in [6.07, 6.45) is 0.794. The first-order valence-electron chi connectivity index (χ1n) is 10.0. The lowest BCUT2D eigenvalue weighted by Crippen LogP contribution is -2.45. The molecule has 150 valence electrons. The summed E-state index contributed by atoms with van der Waals surface area (Å²) in [5.41, 5.74) is 4.05. The number of carbonyl (C=O) groups excluding carboxylic acids is 1. The lowest BCUT2D eigenvalue weighted by Gasteiger charge is -2.38. The van der Waals surface area contributed by atoms with Crippen LogP contribution in [0.5, 0.6) is 11.5 Å². The number of benzene rings is 2. The smallest absolute Gasteiger partial charge is 0.261 e. The Morgan fingerprint density at radius 1 is 1.18 bits per heavy atom. The number of aryl methyl sites for hydroxylation is 3. The average molecular weight is 382 g/mol.